The lowest BCUT2D eigenvalue weighted by atomic mass is 9.93. The molecule has 0 aliphatic carbocycles. The highest BCUT2D eigenvalue weighted by atomic mass is 31.1. The van der Waals surface area contributed by atoms with Crippen molar-refractivity contribution in [2.24, 2.45) is 0 Å². The van der Waals surface area contributed by atoms with Crippen LogP contribution >= 0.6 is 8.25 Å². The molecule has 0 aliphatic heterocycles. The smallest absolute Gasteiger partial charge is 0.310 e. The van der Waals surface area contributed by atoms with Crippen LogP contribution in [0.4, 0.5) is 0 Å². The van der Waals surface area contributed by atoms with Gasteiger partial charge in [-0.25, -0.2) is 0 Å². The summed E-state index contributed by atoms with van der Waals surface area (Å²) >= 11 is 0. The Bertz CT molecular complexity index is 1030. The molecule has 34 heavy (non-hydrogen) atoms. The van der Waals surface area contributed by atoms with E-state index < -0.39 is 8.25 Å². The van der Waals surface area contributed by atoms with Crippen LogP contribution in [0, 0.1) is 0 Å². The zero-order valence-corrected chi connectivity index (χ0v) is 20.3. The maximum atomic E-state index is 12.8. The molecule has 0 bridgehead atoms. The fraction of sp³-hybridized carbons (Fsp3) is 0.200. The van der Waals surface area contributed by atoms with E-state index in [1.807, 2.05) is 72.8 Å². The van der Waals surface area contributed by atoms with E-state index >= 15 is 0 Å². The molecule has 0 aromatic heterocycles. The van der Waals surface area contributed by atoms with Crippen molar-refractivity contribution in [1.82, 2.24) is 0 Å². The minimum atomic E-state index is -2.63. The highest BCUT2D eigenvalue weighted by Gasteiger charge is 2.17. The third kappa shape index (κ3) is 7.53. The first-order valence-electron chi connectivity index (χ1n) is 11.7. The Morgan fingerprint density at radius 1 is 0.500 bits per heavy atom. The molecule has 3 nitrogen and oxygen atoms in total. The lowest BCUT2D eigenvalue weighted by molar-refractivity contribution is 0.204. The fourth-order valence-corrected chi connectivity index (χ4v) is 4.93. The van der Waals surface area contributed by atoms with E-state index in [1.165, 1.54) is 22.3 Å². The van der Waals surface area contributed by atoms with Crippen molar-refractivity contribution in [1.29, 1.82) is 0 Å². The summed E-state index contributed by atoms with van der Waals surface area (Å²) in [5, 5.41) is 0. The van der Waals surface area contributed by atoms with Gasteiger partial charge in [0.2, 0.25) is 0 Å². The van der Waals surface area contributed by atoms with E-state index in [-0.39, 0.29) is 11.8 Å². The largest absolute Gasteiger partial charge is 0.319 e. The van der Waals surface area contributed by atoms with Crippen molar-refractivity contribution in [3.8, 4) is 0 Å². The number of hydrogen-bond acceptors (Lipinski definition) is 3. The zero-order valence-electron chi connectivity index (χ0n) is 19.3. The quantitative estimate of drug-likeness (QED) is 0.202. The van der Waals surface area contributed by atoms with E-state index in [4.69, 9.17) is 9.05 Å². The van der Waals surface area contributed by atoms with Gasteiger partial charge in [0.15, 0.2) is 0 Å². The molecule has 0 saturated heterocycles. The lowest BCUT2D eigenvalue weighted by Crippen LogP contribution is -2.11. The first-order valence-corrected chi connectivity index (χ1v) is 13.0. The van der Waals surface area contributed by atoms with Crippen molar-refractivity contribution in [3.05, 3.63) is 144 Å². The normalized spacial score (nSPS) is 13.8. The number of hydrogen-bond donors (Lipinski definition) is 0. The predicted octanol–water partition coefficient (Wildman–Crippen LogP) is 7.46. The van der Waals surface area contributed by atoms with E-state index in [1.54, 1.807) is 0 Å². The van der Waals surface area contributed by atoms with Gasteiger partial charge in [0.1, 0.15) is 0 Å². The molecule has 4 rings (SSSR count). The second kappa shape index (κ2) is 13.1. The summed E-state index contributed by atoms with van der Waals surface area (Å²) in [6.07, 6.45) is 1.64. The second-order valence-corrected chi connectivity index (χ2v) is 9.54. The first kappa shape index (κ1) is 24.2. The van der Waals surface area contributed by atoms with Gasteiger partial charge in [0.25, 0.3) is 0 Å². The van der Waals surface area contributed by atoms with Gasteiger partial charge < -0.3 is 9.05 Å². The van der Waals surface area contributed by atoms with Crippen LogP contribution in [0.25, 0.3) is 0 Å². The van der Waals surface area contributed by atoms with Crippen LogP contribution in [-0.2, 0) is 26.5 Å². The molecular weight excluding hydrogens is 439 g/mol. The maximum absolute atomic E-state index is 12.8. The summed E-state index contributed by atoms with van der Waals surface area (Å²) in [6, 6.07) is 41.2. The van der Waals surface area contributed by atoms with Crippen molar-refractivity contribution < 1.29 is 13.6 Å². The predicted molar refractivity (Wildman–Crippen MR) is 140 cm³/mol. The topological polar surface area (TPSA) is 35.5 Å². The van der Waals surface area contributed by atoms with Gasteiger partial charge in [-0.3, -0.25) is 4.57 Å². The fourth-order valence-electron chi connectivity index (χ4n) is 4.17. The molecule has 4 aromatic rings. The van der Waals surface area contributed by atoms with Gasteiger partial charge in [0.05, 0.1) is 13.2 Å². The molecule has 0 amide bonds. The SMILES string of the molecule is O=[PH](OCC(Cc1ccccc1)c1ccccc1)OCC(Cc1ccccc1)c1ccccc1. The molecule has 4 heteroatoms. The standard InChI is InChI=1S/C30H31O3P/c31-34(32-23-29(27-17-9-3-10-18-27)21-25-13-5-1-6-14-25)33-24-30(28-19-11-4-12-20-28)22-26-15-7-2-8-16-26/h1-20,29-30,34H,21-24H2. The van der Waals surface area contributed by atoms with E-state index in [0.29, 0.717) is 13.2 Å². The van der Waals surface area contributed by atoms with Crippen LogP contribution < -0.4 is 0 Å². The summed E-state index contributed by atoms with van der Waals surface area (Å²) in [7, 11) is -2.63. The van der Waals surface area contributed by atoms with Gasteiger partial charge in [-0.1, -0.05) is 121 Å². The summed E-state index contributed by atoms with van der Waals surface area (Å²) < 4.78 is 24.3. The Labute approximate surface area is 203 Å². The van der Waals surface area contributed by atoms with Crippen LogP contribution in [0.15, 0.2) is 121 Å². The average Bonchev–Trinajstić information content (AvgIpc) is 2.91. The Hall–Kier alpha value is -2.97. The van der Waals surface area contributed by atoms with Crippen LogP contribution in [0.5, 0.6) is 0 Å². The maximum Gasteiger partial charge on any atom is 0.319 e. The van der Waals surface area contributed by atoms with Gasteiger partial charge in [-0.05, 0) is 35.1 Å². The second-order valence-electron chi connectivity index (χ2n) is 8.47. The highest BCUT2D eigenvalue weighted by molar-refractivity contribution is 7.33. The third-order valence-corrected chi connectivity index (χ3v) is 6.80. The molecule has 0 saturated carbocycles. The van der Waals surface area contributed by atoms with Gasteiger partial charge in [0, 0.05) is 11.8 Å². The summed E-state index contributed by atoms with van der Waals surface area (Å²) in [6.45, 7) is 0.705. The number of rotatable bonds is 12. The molecular formula is C30H31O3P. The molecule has 0 heterocycles. The van der Waals surface area contributed by atoms with Crippen LogP contribution in [0.3, 0.4) is 0 Å². The van der Waals surface area contributed by atoms with Gasteiger partial charge >= 0.3 is 8.25 Å². The molecule has 2 unspecified atom stereocenters. The van der Waals surface area contributed by atoms with Crippen molar-refractivity contribution in [2.75, 3.05) is 13.2 Å². The van der Waals surface area contributed by atoms with Gasteiger partial charge in [-0.15, -0.1) is 0 Å². The monoisotopic (exact) mass is 470 g/mol. The molecule has 0 fully saturated rings. The van der Waals surface area contributed by atoms with Gasteiger partial charge in [-0.2, -0.15) is 0 Å². The molecule has 0 aliphatic rings. The molecule has 0 N–H and O–H groups in total. The summed E-state index contributed by atoms with van der Waals surface area (Å²) in [5.74, 6) is 0.214. The molecule has 2 atom stereocenters. The Balaban J connectivity index is 1.37. The van der Waals surface area contributed by atoms with Crippen LogP contribution in [-0.4, -0.2) is 13.2 Å². The molecule has 0 spiro atoms. The third-order valence-electron chi connectivity index (χ3n) is 6.00. The lowest BCUT2D eigenvalue weighted by Gasteiger charge is -2.20. The highest BCUT2D eigenvalue weighted by Crippen LogP contribution is 2.32. The Morgan fingerprint density at radius 2 is 0.824 bits per heavy atom. The van der Waals surface area contributed by atoms with Crippen molar-refractivity contribution in [3.63, 3.8) is 0 Å². The number of benzene rings is 4. The van der Waals surface area contributed by atoms with E-state index in [2.05, 4.69) is 48.5 Å². The van der Waals surface area contributed by atoms with Crippen molar-refractivity contribution in [2.45, 2.75) is 24.7 Å². The average molecular weight is 471 g/mol. The molecule has 0 radical (unpaired) electrons. The van der Waals surface area contributed by atoms with Crippen molar-refractivity contribution >= 4 is 8.25 Å². The Kier molecular flexibility index (Phi) is 9.28. The molecule has 4 aromatic carbocycles. The first-order chi connectivity index (χ1) is 16.8. The van der Waals surface area contributed by atoms with Crippen LogP contribution in [0.1, 0.15) is 34.1 Å². The minimum absolute atomic E-state index is 0.107. The summed E-state index contributed by atoms with van der Waals surface area (Å²) in [4.78, 5) is 0. The summed E-state index contributed by atoms with van der Waals surface area (Å²) in [5.41, 5.74) is 4.81. The van der Waals surface area contributed by atoms with E-state index in [9.17, 15) is 4.57 Å². The zero-order chi connectivity index (χ0) is 23.4. The van der Waals surface area contributed by atoms with E-state index in [0.717, 1.165) is 12.8 Å². The Morgan fingerprint density at radius 3 is 1.18 bits per heavy atom. The molecule has 174 valence electrons. The van der Waals surface area contributed by atoms with Crippen LogP contribution in [0.2, 0.25) is 0 Å². The minimum Gasteiger partial charge on any atom is -0.310 e.